The predicted molar refractivity (Wildman–Crippen MR) is 66.0 cm³/mol. The minimum absolute atomic E-state index is 0.0992. The van der Waals surface area contributed by atoms with E-state index >= 15 is 0 Å². The first-order valence-electron chi connectivity index (χ1n) is 5.42. The molecule has 2 atom stereocenters. The summed E-state index contributed by atoms with van der Waals surface area (Å²) in [6, 6.07) is 7.95. The maximum absolute atomic E-state index is 5.92. The molecule has 0 amide bonds. The molecule has 4 heteroatoms. The lowest BCUT2D eigenvalue weighted by Crippen LogP contribution is -2.25. The molecule has 16 heavy (non-hydrogen) atoms. The Morgan fingerprint density at radius 2 is 2.25 bits per heavy atom. The van der Waals surface area contributed by atoms with Gasteiger partial charge in [0, 0.05) is 10.0 Å². The highest BCUT2D eigenvalue weighted by atomic mass is 79.9. The van der Waals surface area contributed by atoms with Crippen LogP contribution in [0.25, 0.3) is 0 Å². The van der Waals surface area contributed by atoms with Gasteiger partial charge in [0.15, 0.2) is 5.79 Å². The van der Waals surface area contributed by atoms with Gasteiger partial charge >= 0.3 is 0 Å². The highest BCUT2D eigenvalue weighted by molar-refractivity contribution is 9.10. The molecule has 1 aromatic carbocycles. The molecule has 0 saturated carbocycles. The molecule has 0 aromatic heterocycles. The van der Waals surface area contributed by atoms with Crippen molar-refractivity contribution in [3.05, 3.63) is 34.3 Å². The van der Waals surface area contributed by atoms with Gasteiger partial charge in [-0.3, -0.25) is 0 Å². The van der Waals surface area contributed by atoms with Crippen LogP contribution in [0.1, 0.15) is 18.9 Å². The Morgan fingerprint density at radius 1 is 1.50 bits per heavy atom. The third kappa shape index (κ3) is 2.30. The van der Waals surface area contributed by atoms with E-state index < -0.39 is 5.79 Å². The molecule has 1 heterocycles. The molecule has 3 nitrogen and oxygen atoms in total. The number of halogens is 1. The number of hydrogen-bond acceptors (Lipinski definition) is 3. The van der Waals surface area contributed by atoms with Crippen LogP contribution in [-0.2, 0) is 15.3 Å². The smallest absolute Gasteiger partial charge is 0.193 e. The molecule has 2 N–H and O–H groups in total. The zero-order valence-electron chi connectivity index (χ0n) is 9.28. The third-order valence-corrected chi connectivity index (χ3v) is 3.48. The van der Waals surface area contributed by atoms with Crippen LogP contribution in [0.3, 0.4) is 0 Å². The van der Waals surface area contributed by atoms with Crippen LogP contribution in [0.5, 0.6) is 0 Å². The van der Waals surface area contributed by atoms with E-state index in [0.29, 0.717) is 13.2 Å². The van der Waals surface area contributed by atoms with Gasteiger partial charge < -0.3 is 15.2 Å². The van der Waals surface area contributed by atoms with Crippen LogP contribution >= 0.6 is 15.9 Å². The van der Waals surface area contributed by atoms with Crippen LogP contribution in [0.15, 0.2) is 28.7 Å². The zero-order valence-corrected chi connectivity index (χ0v) is 10.9. The monoisotopic (exact) mass is 285 g/mol. The Kier molecular flexibility index (Phi) is 3.64. The Hall–Kier alpha value is -0.420. The standard InChI is InChI=1S/C12H16BrNO2/c1-12(10-4-2-3-5-11(10)13)15-8-9(16-12)6-7-14/h2-5,9H,6-8,14H2,1H3. The molecular formula is C12H16BrNO2. The van der Waals surface area contributed by atoms with Gasteiger partial charge in [-0.15, -0.1) is 0 Å². The summed E-state index contributed by atoms with van der Waals surface area (Å²) in [7, 11) is 0. The maximum atomic E-state index is 5.92. The van der Waals surface area contributed by atoms with Crippen molar-refractivity contribution in [1.82, 2.24) is 0 Å². The van der Waals surface area contributed by atoms with Gasteiger partial charge in [-0.1, -0.05) is 34.1 Å². The number of hydrogen-bond donors (Lipinski definition) is 1. The average molecular weight is 286 g/mol. The van der Waals surface area contributed by atoms with Crippen molar-refractivity contribution in [3.8, 4) is 0 Å². The Balaban J connectivity index is 2.18. The van der Waals surface area contributed by atoms with Gasteiger partial charge in [0.05, 0.1) is 12.7 Å². The minimum atomic E-state index is -0.653. The fraction of sp³-hybridized carbons (Fsp3) is 0.500. The van der Waals surface area contributed by atoms with Crippen molar-refractivity contribution < 1.29 is 9.47 Å². The highest BCUT2D eigenvalue weighted by Crippen LogP contribution is 2.38. The summed E-state index contributed by atoms with van der Waals surface area (Å²) in [6.07, 6.45) is 0.933. The summed E-state index contributed by atoms with van der Waals surface area (Å²) in [6.45, 7) is 3.18. The first-order valence-corrected chi connectivity index (χ1v) is 6.22. The van der Waals surface area contributed by atoms with Crippen molar-refractivity contribution in [2.45, 2.75) is 25.2 Å². The molecule has 1 aliphatic rings. The summed E-state index contributed by atoms with van der Waals surface area (Å²) in [5, 5.41) is 0. The van der Waals surface area contributed by atoms with Crippen LogP contribution in [0.4, 0.5) is 0 Å². The van der Waals surface area contributed by atoms with Gasteiger partial charge in [-0.2, -0.15) is 0 Å². The van der Waals surface area contributed by atoms with E-state index in [-0.39, 0.29) is 6.10 Å². The number of nitrogens with two attached hydrogens (primary N) is 1. The summed E-state index contributed by atoms with van der Waals surface area (Å²) >= 11 is 3.52. The lowest BCUT2D eigenvalue weighted by molar-refractivity contribution is -0.162. The summed E-state index contributed by atoms with van der Waals surface area (Å²) in [5.74, 6) is -0.653. The van der Waals surface area contributed by atoms with Crippen LogP contribution < -0.4 is 5.73 Å². The van der Waals surface area contributed by atoms with Crippen LogP contribution in [0, 0.1) is 0 Å². The van der Waals surface area contributed by atoms with E-state index in [1.807, 2.05) is 31.2 Å². The number of ether oxygens (including phenoxy) is 2. The van der Waals surface area contributed by atoms with E-state index in [0.717, 1.165) is 16.5 Å². The van der Waals surface area contributed by atoms with Crippen molar-refractivity contribution in [2.24, 2.45) is 5.73 Å². The van der Waals surface area contributed by atoms with Crippen LogP contribution in [0.2, 0.25) is 0 Å². The SMILES string of the molecule is CC1(c2ccccc2Br)OCC(CCN)O1. The Labute approximate surface area is 104 Å². The summed E-state index contributed by atoms with van der Waals surface area (Å²) in [5.41, 5.74) is 6.54. The maximum Gasteiger partial charge on any atom is 0.193 e. The largest absolute Gasteiger partial charge is 0.343 e. The normalized spacial score (nSPS) is 29.6. The second-order valence-corrected chi connectivity index (χ2v) is 4.91. The first-order chi connectivity index (χ1) is 7.65. The van der Waals surface area contributed by atoms with E-state index in [1.54, 1.807) is 0 Å². The third-order valence-electron chi connectivity index (χ3n) is 2.79. The van der Waals surface area contributed by atoms with Crippen molar-refractivity contribution >= 4 is 15.9 Å². The van der Waals surface area contributed by atoms with Crippen LogP contribution in [-0.4, -0.2) is 19.3 Å². The Bertz CT molecular complexity index is 372. The Morgan fingerprint density at radius 3 is 2.94 bits per heavy atom. The molecule has 0 bridgehead atoms. The molecule has 1 fully saturated rings. The number of rotatable bonds is 3. The van der Waals surface area contributed by atoms with E-state index in [1.165, 1.54) is 0 Å². The average Bonchev–Trinajstić information content (AvgIpc) is 2.62. The molecule has 1 aromatic rings. The lowest BCUT2D eigenvalue weighted by Gasteiger charge is -2.24. The molecule has 0 radical (unpaired) electrons. The van der Waals surface area contributed by atoms with Gasteiger partial charge in [0.25, 0.3) is 0 Å². The fourth-order valence-corrected chi connectivity index (χ4v) is 2.58. The quantitative estimate of drug-likeness (QED) is 0.928. The molecule has 1 saturated heterocycles. The van der Waals surface area contributed by atoms with Gasteiger partial charge in [-0.05, 0) is 26.0 Å². The van der Waals surface area contributed by atoms with Crippen molar-refractivity contribution in [1.29, 1.82) is 0 Å². The minimum Gasteiger partial charge on any atom is -0.343 e. The van der Waals surface area contributed by atoms with Gasteiger partial charge in [0.1, 0.15) is 0 Å². The fourth-order valence-electron chi connectivity index (χ4n) is 1.94. The first kappa shape index (κ1) is 12.0. The molecule has 2 unspecified atom stereocenters. The highest BCUT2D eigenvalue weighted by Gasteiger charge is 2.39. The molecule has 0 aliphatic carbocycles. The van der Waals surface area contributed by atoms with E-state index in [4.69, 9.17) is 15.2 Å². The summed E-state index contributed by atoms with van der Waals surface area (Å²) in [4.78, 5) is 0. The van der Waals surface area contributed by atoms with Gasteiger partial charge in [-0.25, -0.2) is 0 Å². The predicted octanol–water partition coefficient (Wildman–Crippen LogP) is 2.39. The summed E-state index contributed by atoms with van der Waals surface area (Å²) < 4.78 is 12.7. The van der Waals surface area contributed by atoms with Crippen molar-refractivity contribution in [3.63, 3.8) is 0 Å². The second-order valence-electron chi connectivity index (χ2n) is 4.05. The van der Waals surface area contributed by atoms with E-state index in [9.17, 15) is 0 Å². The lowest BCUT2D eigenvalue weighted by atomic mass is 10.1. The van der Waals surface area contributed by atoms with Gasteiger partial charge in [0.2, 0.25) is 0 Å². The molecular weight excluding hydrogens is 270 g/mol. The van der Waals surface area contributed by atoms with E-state index in [2.05, 4.69) is 15.9 Å². The second kappa shape index (κ2) is 4.84. The van der Waals surface area contributed by atoms with Crippen molar-refractivity contribution in [2.75, 3.05) is 13.2 Å². The molecule has 88 valence electrons. The zero-order chi connectivity index (χ0) is 11.6. The molecule has 2 rings (SSSR count). The number of benzene rings is 1. The molecule has 1 aliphatic heterocycles. The molecule has 0 spiro atoms. The topological polar surface area (TPSA) is 44.5 Å².